The van der Waals surface area contributed by atoms with Gasteiger partial charge in [0.05, 0.1) is 28.0 Å². The van der Waals surface area contributed by atoms with Gasteiger partial charge in [-0.05, 0) is 43.9 Å². The van der Waals surface area contributed by atoms with Crippen molar-refractivity contribution in [2.24, 2.45) is 0 Å². The number of sulfone groups is 1. The van der Waals surface area contributed by atoms with Gasteiger partial charge in [-0.1, -0.05) is 43.9 Å². The summed E-state index contributed by atoms with van der Waals surface area (Å²) in [6, 6.07) is 3.25. The van der Waals surface area contributed by atoms with Crippen molar-refractivity contribution < 1.29 is 13.2 Å². The number of hydrogen-bond acceptors (Lipinski definition) is 8. The largest absolute Gasteiger partial charge is 0.356 e. The van der Waals surface area contributed by atoms with Crippen LogP contribution < -0.4 is 10.5 Å². The van der Waals surface area contributed by atoms with Crippen LogP contribution in [0.5, 0.6) is 0 Å². The molecule has 0 saturated carbocycles. The molecule has 2 aromatic heterocycles. The van der Waals surface area contributed by atoms with Crippen molar-refractivity contribution in [2.75, 3.05) is 29.5 Å². The lowest BCUT2D eigenvalue weighted by atomic mass is 10.2. The highest BCUT2D eigenvalue weighted by Crippen LogP contribution is 2.37. The van der Waals surface area contributed by atoms with Gasteiger partial charge in [-0.25, -0.2) is 13.4 Å². The molecule has 0 radical (unpaired) electrons. The average molecular weight is 521 g/mol. The molecule has 4 rings (SSSR count). The quantitative estimate of drug-likeness (QED) is 0.406. The molecule has 0 spiro atoms. The number of aryl methyl sites for hydroxylation is 1. The van der Waals surface area contributed by atoms with Gasteiger partial charge in [-0.2, -0.15) is 0 Å². The zero-order valence-electron chi connectivity index (χ0n) is 19.5. The smallest absolute Gasteiger partial charge is 0.267 e. The Labute approximate surface area is 209 Å². The number of hydrogen-bond donors (Lipinski definition) is 0. The van der Waals surface area contributed by atoms with E-state index in [1.54, 1.807) is 18.3 Å². The van der Waals surface area contributed by atoms with Gasteiger partial charge in [0.15, 0.2) is 9.84 Å². The number of amides is 1. The number of thiocarbonyl (C=S) groups is 1. The summed E-state index contributed by atoms with van der Waals surface area (Å²) in [6.07, 6.45) is 5.39. The molecule has 0 N–H and O–H groups in total. The predicted molar refractivity (Wildman–Crippen MR) is 141 cm³/mol. The van der Waals surface area contributed by atoms with Crippen molar-refractivity contribution in [3.63, 3.8) is 0 Å². The number of fused-ring (bicyclic) bond motifs is 1. The summed E-state index contributed by atoms with van der Waals surface area (Å²) < 4.78 is 25.8. The maximum Gasteiger partial charge on any atom is 0.267 e. The second kappa shape index (κ2) is 9.79. The highest BCUT2D eigenvalue weighted by atomic mass is 32.2. The lowest BCUT2D eigenvalue weighted by Crippen LogP contribution is -2.39. The third kappa shape index (κ3) is 4.65. The van der Waals surface area contributed by atoms with Crippen molar-refractivity contribution >= 4 is 61.6 Å². The third-order valence-corrected chi connectivity index (χ3v) is 9.10. The monoisotopic (exact) mass is 520 g/mol. The summed E-state index contributed by atoms with van der Waals surface area (Å²) in [7, 11) is -3.17. The number of pyridine rings is 1. The Kier molecular flexibility index (Phi) is 7.16. The van der Waals surface area contributed by atoms with Gasteiger partial charge < -0.3 is 4.90 Å². The minimum absolute atomic E-state index is 0.0518. The minimum Gasteiger partial charge on any atom is -0.356 e. The van der Waals surface area contributed by atoms with E-state index < -0.39 is 15.9 Å². The van der Waals surface area contributed by atoms with Crippen LogP contribution in [0.4, 0.5) is 5.82 Å². The first kappa shape index (κ1) is 24.9. The lowest BCUT2D eigenvalue weighted by molar-refractivity contribution is -0.123. The summed E-state index contributed by atoms with van der Waals surface area (Å²) in [5.74, 6) is 0.167. The molecular weight excluding hydrogens is 492 g/mol. The van der Waals surface area contributed by atoms with E-state index in [4.69, 9.17) is 17.2 Å². The molecule has 2 aliphatic heterocycles. The van der Waals surface area contributed by atoms with E-state index in [2.05, 4.69) is 18.7 Å². The van der Waals surface area contributed by atoms with Gasteiger partial charge in [0.2, 0.25) is 0 Å². The molecule has 2 aromatic rings. The molecule has 0 aromatic carbocycles. The topological polar surface area (TPSA) is 92.1 Å². The highest BCUT2D eigenvalue weighted by molar-refractivity contribution is 8.26. The second-order valence-electron chi connectivity index (χ2n) is 8.63. The van der Waals surface area contributed by atoms with Crippen molar-refractivity contribution in [1.29, 1.82) is 0 Å². The molecule has 34 heavy (non-hydrogen) atoms. The van der Waals surface area contributed by atoms with Gasteiger partial charge in [0.25, 0.3) is 11.5 Å². The van der Waals surface area contributed by atoms with Crippen LogP contribution in [0.2, 0.25) is 0 Å². The first-order valence-electron chi connectivity index (χ1n) is 11.4. The van der Waals surface area contributed by atoms with E-state index in [1.165, 1.54) is 9.30 Å². The van der Waals surface area contributed by atoms with Crippen LogP contribution in [0.15, 0.2) is 28.0 Å². The molecule has 2 aliphatic rings. The number of nitrogens with zero attached hydrogens (tertiary/aromatic N) is 4. The summed E-state index contributed by atoms with van der Waals surface area (Å²) in [5.41, 5.74) is 1.55. The first-order chi connectivity index (χ1) is 16.2. The van der Waals surface area contributed by atoms with Crippen LogP contribution in [0.25, 0.3) is 11.7 Å². The van der Waals surface area contributed by atoms with Crippen LogP contribution in [0.1, 0.15) is 44.2 Å². The van der Waals surface area contributed by atoms with Crippen LogP contribution in [0, 0.1) is 6.92 Å². The molecule has 0 bridgehead atoms. The Morgan fingerprint density at radius 1 is 1.26 bits per heavy atom. The average Bonchev–Trinajstić information content (AvgIpc) is 3.27. The molecule has 1 unspecified atom stereocenters. The molecule has 2 saturated heterocycles. The number of thioether (sulfide) groups is 1. The fraction of sp³-hybridized carbons (Fsp3) is 0.478. The van der Waals surface area contributed by atoms with E-state index in [1.807, 2.05) is 13.0 Å². The Morgan fingerprint density at radius 3 is 2.59 bits per heavy atom. The van der Waals surface area contributed by atoms with Crippen molar-refractivity contribution in [3.05, 3.63) is 44.7 Å². The molecule has 11 heteroatoms. The fourth-order valence-electron chi connectivity index (χ4n) is 4.44. The maximum absolute atomic E-state index is 13.6. The number of aromatic nitrogens is 2. The number of anilines is 1. The Balaban J connectivity index is 1.84. The lowest BCUT2D eigenvalue weighted by Gasteiger charge is -2.25. The molecule has 4 heterocycles. The summed E-state index contributed by atoms with van der Waals surface area (Å²) in [4.78, 5) is 35.6. The summed E-state index contributed by atoms with van der Waals surface area (Å²) in [5, 5.41) is 0. The molecule has 2 fully saturated rings. The van der Waals surface area contributed by atoms with E-state index in [0.29, 0.717) is 32.7 Å². The zero-order chi connectivity index (χ0) is 24.6. The molecule has 182 valence electrons. The van der Waals surface area contributed by atoms with Crippen molar-refractivity contribution in [3.8, 4) is 0 Å². The van der Waals surface area contributed by atoms with Gasteiger partial charge in [-0.3, -0.25) is 18.9 Å². The minimum atomic E-state index is -3.17. The van der Waals surface area contributed by atoms with E-state index >= 15 is 0 Å². The molecule has 1 atom stereocenters. The first-order valence-corrected chi connectivity index (χ1v) is 14.5. The number of carbonyl (C=O) groups excluding carboxylic acids is 1. The Morgan fingerprint density at radius 2 is 1.97 bits per heavy atom. The second-order valence-corrected chi connectivity index (χ2v) is 12.5. The SMILES string of the molecule is CCCN(CCC)c1nc2c(C)cccn2c(=O)c1/C=C1\SC(=S)N(C2CCS(=O)(=O)C2)C1=O. The molecular formula is C23H28N4O4S3. The number of carbonyl (C=O) groups is 1. The van der Waals surface area contributed by atoms with Gasteiger partial charge in [0, 0.05) is 19.3 Å². The van der Waals surface area contributed by atoms with E-state index in [0.717, 1.165) is 43.3 Å². The molecule has 0 aliphatic carbocycles. The van der Waals surface area contributed by atoms with E-state index in [9.17, 15) is 18.0 Å². The van der Waals surface area contributed by atoms with Gasteiger partial charge in [0.1, 0.15) is 15.8 Å². The normalized spacial score (nSPS) is 21.2. The van der Waals surface area contributed by atoms with Crippen molar-refractivity contribution in [1.82, 2.24) is 14.3 Å². The highest BCUT2D eigenvalue weighted by Gasteiger charge is 2.42. The standard InChI is InChI=1S/C23H28N4O4S3/c1-4-9-25(10-5-2)20-17(21(28)26-11-6-7-15(3)19(26)24-20)13-18-22(29)27(23(32)33-18)16-8-12-34(30,31)14-16/h6-7,11,13,16H,4-5,8-10,12,14H2,1-3H3/b18-13-. The Hall–Kier alpha value is -2.24. The van der Waals surface area contributed by atoms with Crippen LogP contribution >= 0.6 is 24.0 Å². The van der Waals surface area contributed by atoms with Crippen LogP contribution in [-0.4, -0.2) is 63.6 Å². The Bertz CT molecular complexity index is 1340. The molecule has 8 nitrogen and oxygen atoms in total. The maximum atomic E-state index is 13.6. The van der Waals surface area contributed by atoms with Gasteiger partial charge in [-0.15, -0.1) is 0 Å². The fourth-order valence-corrected chi connectivity index (χ4v) is 7.52. The van der Waals surface area contributed by atoms with Gasteiger partial charge >= 0.3 is 0 Å². The predicted octanol–water partition coefficient (Wildman–Crippen LogP) is 3.02. The van der Waals surface area contributed by atoms with Crippen LogP contribution in [0.3, 0.4) is 0 Å². The van der Waals surface area contributed by atoms with Crippen LogP contribution in [-0.2, 0) is 14.6 Å². The summed E-state index contributed by atoms with van der Waals surface area (Å²) in [6.45, 7) is 7.51. The molecule has 1 amide bonds. The third-order valence-electron chi connectivity index (χ3n) is 6.02. The summed E-state index contributed by atoms with van der Waals surface area (Å²) >= 11 is 6.55. The number of rotatable bonds is 7. The zero-order valence-corrected chi connectivity index (χ0v) is 21.9. The van der Waals surface area contributed by atoms with E-state index in [-0.39, 0.29) is 23.0 Å². The van der Waals surface area contributed by atoms with Crippen molar-refractivity contribution in [2.45, 2.75) is 46.1 Å².